The number of anilines is 1. The quantitative estimate of drug-likeness (QED) is 0.828. The van der Waals surface area contributed by atoms with Gasteiger partial charge in [0.1, 0.15) is 11.6 Å². The number of hydrogen-bond donors (Lipinski definition) is 0. The first-order valence-electron chi connectivity index (χ1n) is 8.31. The van der Waals surface area contributed by atoms with E-state index in [0.29, 0.717) is 54.8 Å². The highest BCUT2D eigenvalue weighted by Gasteiger charge is 2.24. The van der Waals surface area contributed by atoms with Gasteiger partial charge in [-0.15, -0.1) is 0 Å². The first kappa shape index (κ1) is 17.5. The van der Waals surface area contributed by atoms with Crippen LogP contribution in [0, 0.1) is 5.82 Å². The summed E-state index contributed by atoms with van der Waals surface area (Å²) in [4.78, 5) is 16.4. The zero-order valence-corrected chi connectivity index (χ0v) is 14.8. The molecule has 0 saturated carbocycles. The fourth-order valence-corrected chi connectivity index (χ4v) is 3.18. The summed E-state index contributed by atoms with van der Waals surface area (Å²) in [7, 11) is 0. The van der Waals surface area contributed by atoms with E-state index in [2.05, 4.69) is 0 Å². The van der Waals surface area contributed by atoms with Gasteiger partial charge in [-0.05, 0) is 37.3 Å². The molecule has 1 aliphatic rings. The summed E-state index contributed by atoms with van der Waals surface area (Å²) in [5, 5.41) is 0.428. The van der Waals surface area contributed by atoms with Gasteiger partial charge in [0.2, 0.25) is 0 Å². The number of rotatable bonds is 4. The first-order chi connectivity index (χ1) is 12.1. The third-order valence-electron chi connectivity index (χ3n) is 4.24. The Morgan fingerprint density at radius 2 is 1.88 bits per heavy atom. The van der Waals surface area contributed by atoms with E-state index >= 15 is 0 Å². The number of ether oxygens (including phenoxy) is 1. The Hall–Kier alpha value is -2.27. The fraction of sp³-hybridized carbons (Fsp3) is 0.316. The van der Waals surface area contributed by atoms with Crippen LogP contribution >= 0.6 is 11.6 Å². The van der Waals surface area contributed by atoms with Crippen LogP contribution in [0.2, 0.25) is 5.02 Å². The first-order valence-corrected chi connectivity index (χ1v) is 8.69. The maximum absolute atomic E-state index is 13.9. The maximum Gasteiger partial charge on any atom is 0.254 e. The smallest absolute Gasteiger partial charge is 0.254 e. The molecule has 1 saturated heterocycles. The van der Waals surface area contributed by atoms with Crippen molar-refractivity contribution in [3.8, 4) is 5.75 Å². The molecule has 2 aromatic carbocycles. The molecular weight excluding hydrogens is 343 g/mol. The molecule has 1 fully saturated rings. The van der Waals surface area contributed by atoms with Crippen LogP contribution in [0.15, 0.2) is 42.5 Å². The van der Waals surface area contributed by atoms with E-state index in [1.54, 1.807) is 35.2 Å². The molecule has 1 heterocycles. The van der Waals surface area contributed by atoms with E-state index in [1.165, 1.54) is 6.07 Å². The number of carbonyl (C=O) groups excluding carboxylic acids is 1. The largest absolute Gasteiger partial charge is 0.492 e. The fourth-order valence-electron chi connectivity index (χ4n) is 2.95. The van der Waals surface area contributed by atoms with Gasteiger partial charge in [0, 0.05) is 31.7 Å². The molecule has 0 radical (unpaired) electrons. The van der Waals surface area contributed by atoms with Crippen molar-refractivity contribution in [3.05, 3.63) is 58.9 Å². The van der Waals surface area contributed by atoms with Gasteiger partial charge < -0.3 is 14.5 Å². The molecule has 4 nitrogen and oxygen atoms in total. The lowest BCUT2D eigenvalue weighted by atomic mass is 10.1. The Morgan fingerprint density at radius 3 is 2.52 bits per heavy atom. The molecule has 0 aliphatic carbocycles. The van der Waals surface area contributed by atoms with Gasteiger partial charge in [-0.1, -0.05) is 23.7 Å². The Kier molecular flexibility index (Phi) is 5.43. The van der Waals surface area contributed by atoms with Gasteiger partial charge in [0.05, 0.1) is 17.3 Å². The Labute approximate surface area is 151 Å². The van der Waals surface area contributed by atoms with Crippen LogP contribution < -0.4 is 9.64 Å². The van der Waals surface area contributed by atoms with Crippen LogP contribution in [0.4, 0.5) is 10.1 Å². The van der Waals surface area contributed by atoms with Crippen molar-refractivity contribution in [2.45, 2.75) is 6.92 Å². The van der Waals surface area contributed by atoms with Gasteiger partial charge >= 0.3 is 0 Å². The molecular formula is C19H20ClFN2O2. The maximum atomic E-state index is 13.9. The lowest BCUT2D eigenvalue weighted by Gasteiger charge is -2.36. The monoisotopic (exact) mass is 362 g/mol. The number of amides is 1. The van der Waals surface area contributed by atoms with E-state index in [4.69, 9.17) is 16.3 Å². The Morgan fingerprint density at radius 1 is 1.16 bits per heavy atom. The molecule has 0 aromatic heterocycles. The molecule has 25 heavy (non-hydrogen) atoms. The average molecular weight is 363 g/mol. The molecule has 3 rings (SSSR count). The average Bonchev–Trinajstić information content (AvgIpc) is 2.63. The predicted molar refractivity (Wildman–Crippen MR) is 97.1 cm³/mol. The van der Waals surface area contributed by atoms with Crippen molar-refractivity contribution in [3.63, 3.8) is 0 Å². The van der Waals surface area contributed by atoms with Crippen molar-refractivity contribution < 1.29 is 13.9 Å². The second-order valence-corrected chi connectivity index (χ2v) is 6.22. The van der Waals surface area contributed by atoms with Gasteiger partial charge in [-0.2, -0.15) is 0 Å². The van der Waals surface area contributed by atoms with Crippen LogP contribution in [0.25, 0.3) is 0 Å². The summed E-state index contributed by atoms with van der Waals surface area (Å²) in [5.74, 6) is 0.267. The van der Waals surface area contributed by atoms with Crippen molar-refractivity contribution >= 4 is 23.2 Å². The van der Waals surface area contributed by atoms with Gasteiger partial charge in [-0.25, -0.2) is 4.39 Å². The minimum Gasteiger partial charge on any atom is -0.492 e. The molecule has 0 unspecified atom stereocenters. The number of piperazine rings is 1. The summed E-state index contributed by atoms with van der Waals surface area (Å²) in [5.41, 5.74) is 1.12. The lowest BCUT2D eigenvalue weighted by molar-refractivity contribution is 0.0746. The number of nitrogens with zero attached hydrogens (tertiary/aromatic N) is 2. The number of para-hydroxylation sites is 1. The number of benzene rings is 2. The number of carbonyl (C=O) groups is 1. The highest BCUT2D eigenvalue weighted by Crippen LogP contribution is 2.26. The van der Waals surface area contributed by atoms with Crippen LogP contribution in [0.3, 0.4) is 0 Å². The second-order valence-electron chi connectivity index (χ2n) is 5.81. The molecule has 0 atom stereocenters. The number of halogens is 2. The molecule has 1 aliphatic heterocycles. The molecule has 132 valence electrons. The molecule has 1 amide bonds. The summed E-state index contributed by atoms with van der Waals surface area (Å²) in [6.45, 7) is 4.67. The third kappa shape index (κ3) is 3.87. The Bertz CT molecular complexity index is 761. The van der Waals surface area contributed by atoms with E-state index in [0.717, 1.165) is 0 Å². The van der Waals surface area contributed by atoms with Crippen LogP contribution in [0.1, 0.15) is 17.3 Å². The molecule has 6 heteroatoms. The predicted octanol–water partition coefficient (Wildman–Crippen LogP) is 3.84. The zero-order valence-electron chi connectivity index (χ0n) is 14.0. The van der Waals surface area contributed by atoms with Crippen LogP contribution in [0.5, 0.6) is 5.75 Å². The SMILES string of the molecule is CCOc1ccc(C(=O)N2CCN(c3ccccc3F)CC2)cc1Cl. The zero-order chi connectivity index (χ0) is 17.8. The summed E-state index contributed by atoms with van der Waals surface area (Å²) in [6.07, 6.45) is 0. The van der Waals surface area contributed by atoms with Crippen LogP contribution in [-0.4, -0.2) is 43.6 Å². The van der Waals surface area contributed by atoms with Gasteiger partial charge in [0.25, 0.3) is 5.91 Å². The minimum absolute atomic E-state index is 0.0712. The molecule has 0 spiro atoms. The molecule has 0 N–H and O–H groups in total. The van der Waals surface area contributed by atoms with Crippen LogP contribution in [-0.2, 0) is 0 Å². The van der Waals surface area contributed by atoms with E-state index in [9.17, 15) is 9.18 Å². The normalized spacial score (nSPS) is 14.5. The summed E-state index contributed by atoms with van der Waals surface area (Å²) < 4.78 is 19.3. The van der Waals surface area contributed by atoms with Crippen molar-refractivity contribution in [2.75, 3.05) is 37.7 Å². The molecule has 2 aromatic rings. The van der Waals surface area contributed by atoms with E-state index in [-0.39, 0.29) is 11.7 Å². The van der Waals surface area contributed by atoms with Crippen molar-refractivity contribution in [2.24, 2.45) is 0 Å². The number of hydrogen-bond acceptors (Lipinski definition) is 3. The standard InChI is InChI=1S/C19H20ClFN2O2/c1-2-25-18-8-7-14(13-15(18)20)19(24)23-11-9-22(10-12-23)17-6-4-3-5-16(17)21/h3-8,13H,2,9-12H2,1H3. The molecule has 0 bridgehead atoms. The minimum atomic E-state index is -0.236. The van der Waals surface area contributed by atoms with Gasteiger partial charge in [-0.3, -0.25) is 4.79 Å². The summed E-state index contributed by atoms with van der Waals surface area (Å²) >= 11 is 6.17. The second kappa shape index (κ2) is 7.74. The van der Waals surface area contributed by atoms with Crippen molar-refractivity contribution in [1.82, 2.24) is 4.90 Å². The van der Waals surface area contributed by atoms with Gasteiger partial charge in [0.15, 0.2) is 0 Å². The van der Waals surface area contributed by atoms with E-state index in [1.807, 2.05) is 17.9 Å². The summed E-state index contributed by atoms with van der Waals surface area (Å²) in [6, 6.07) is 11.8. The van der Waals surface area contributed by atoms with Crippen molar-refractivity contribution in [1.29, 1.82) is 0 Å². The third-order valence-corrected chi connectivity index (χ3v) is 4.53. The highest BCUT2D eigenvalue weighted by molar-refractivity contribution is 6.32. The highest BCUT2D eigenvalue weighted by atomic mass is 35.5. The van der Waals surface area contributed by atoms with E-state index < -0.39 is 0 Å². The Balaban J connectivity index is 1.65. The topological polar surface area (TPSA) is 32.8 Å². The lowest BCUT2D eigenvalue weighted by Crippen LogP contribution is -2.49.